The van der Waals surface area contributed by atoms with E-state index in [-0.39, 0.29) is 29.8 Å². The Morgan fingerprint density at radius 3 is 2.74 bits per heavy atom. The standard InChI is InChI=1S/C13H17N3O3/c1-3-9(2)12(8-17)15-11-4-5-13(16(18)19)10(6-11)7-14/h4-6,9,12,15,17H,3,8H2,1-2H3/t9-,12-/m1/s1. The Kier molecular flexibility index (Phi) is 5.27. The minimum atomic E-state index is -0.583. The number of aliphatic hydroxyl groups excluding tert-OH is 1. The van der Waals surface area contributed by atoms with Crippen molar-refractivity contribution in [3.05, 3.63) is 33.9 Å². The molecule has 2 atom stereocenters. The molecule has 0 bridgehead atoms. The zero-order valence-corrected chi connectivity index (χ0v) is 11.0. The number of rotatable bonds is 6. The van der Waals surface area contributed by atoms with Crippen molar-refractivity contribution in [1.82, 2.24) is 0 Å². The highest BCUT2D eigenvalue weighted by molar-refractivity contribution is 5.59. The van der Waals surface area contributed by atoms with Crippen LogP contribution in [0.4, 0.5) is 11.4 Å². The second-order valence-corrected chi connectivity index (χ2v) is 4.42. The monoisotopic (exact) mass is 263 g/mol. The predicted molar refractivity (Wildman–Crippen MR) is 71.8 cm³/mol. The van der Waals surface area contributed by atoms with Crippen molar-refractivity contribution in [1.29, 1.82) is 5.26 Å². The summed E-state index contributed by atoms with van der Waals surface area (Å²) in [5, 5.41) is 32.0. The van der Waals surface area contributed by atoms with Gasteiger partial charge in [-0.2, -0.15) is 5.26 Å². The van der Waals surface area contributed by atoms with Gasteiger partial charge >= 0.3 is 0 Å². The second-order valence-electron chi connectivity index (χ2n) is 4.42. The molecule has 19 heavy (non-hydrogen) atoms. The molecular weight excluding hydrogens is 246 g/mol. The van der Waals surface area contributed by atoms with Gasteiger partial charge in [-0.25, -0.2) is 0 Å². The normalized spacial score (nSPS) is 13.4. The maximum absolute atomic E-state index is 10.7. The van der Waals surface area contributed by atoms with Gasteiger partial charge in [0, 0.05) is 11.8 Å². The molecule has 0 aromatic heterocycles. The lowest BCUT2D eigenvalue weighted by Crippen LogP contribution is -2.30. The van der Waals surface area contributed by atoms with E-state index in [1.165, 1.54) is 12.1 Å². The van der Waals surface area contributed by atoms with E-state index in [2.05, 4.69) is 5.32 Å². The molecule has 0 amide bonds. The van der Waals surface area contributed by atoms with E-state index in [0.717, 1.165) is 6.42 Å². The molecule has 0 saturated carbocycles. The lowest BCUT2D eigenvalue weighted by molar-refractivity contribution is -0.385. The Labute approximate surface area is 111 Å². The SMILES string of the molecule is CC[C@@H](C)[C@@H](CO)Nc1ccc([N+](=O)[O-])c(C#N)c1. The van der Waals surface area contributed by atoms with Crippen molar-refractivity contribution in [3.63, 3.8) is 0 Å². The van der Waals surface area contributed by atoms with E-state index >= 15 is 0 Å². The summed E-state index contributed by atoms with van der Waals surface area (Å²) in [4.78, 5) is 10.1. The maximum Gasteiger partial charge on any atom is 0.287 e. The minimum absolute atomic E-state index is 0.0100. The zero-order chi connectivity index (χ0) is 14.4. The molecule has 0 aliphatic heterocycles. The molecule has 6 nitrogen and oxygen atoms in total. The van der Waals surface area contributed by atoms with Crippen LogP contribution in [0.5, 0.6) is 0 Å². The van der Waals surface area contributed by atoms with Gasteiger partial charge < -0.3 is 10.4 Å². The average Bonchev–Trinajstić information content (AvgIpc) is 2.43. The summed E-state index contributed by atoms with van der Waals surface area (Å²) in [6, 6.07) is 5.94. The fraction of sp³-hybridized carbons (Fsp3) is 0.462. The van der Waals surface area contributed by atoms with Crippen LogP contribution < -0.4 is 5.32 Å². The predicted octanol–water partition coefficient (Wildman–Crippen LogP) is 2.29. The van der Waals surface area contributed by atoms with Gasteiger partial charge in [-0.3, -0.25) is 10.1 Å². The number of hydrogen-bond donors (Lipinski definition) is 2. The van der Waals surface area contributed by atoms with E-state index in [9.17, 15) is 15.2 Å². The van der Waals surface area contributed by atoms with Crippen molar-refractivity contribution in [2.45, 2.75) is 26.3 Å². The number of nitriles is 1. The third kappa shape index (κ3) is 3.66. The van der Waals surface area contributed by atoms with Crippen LogP contribution in [-0.2, 0) is 0 Å². The van der Waals surface area contributed by atoms with Crippen LogP contribution >= 0.6 is 0 Å². The quantitative estimate of drug-likeness (QED) is 0.606. The molecule has 0 aliphatic carbocycles. The molecule has 102 valence electrons. The van der Waals surface area contributed by atoms with E-state index in [1.807, 2.05) is 19.9 Å². The van der Waals surface area contributed by atoms with Crippen LogP contribution in [0.25, 0.3) is 0 Å². The third-order valence-electron chi connectivity index (χ3n) is 3.19. The van der Waals surface area contributed by atoms with Crippen molar-refractivity contribution in [3.8, 4) is 6.07 Å². The Bertz CT molecular complexity index is 496. The van der Waals surface area contributed by atoms with Gasteiger partial charge in [-0.05, 0) is 18.1 Å². The summed E-state index contributed by atoms with van der Waals surface area (Å²) in [6.45, 7) is 3.99. The number of aliphatic hydroxyl groups is 1. The molecule has 0 saturated heterocycles. The zero-order valence-electron chi connectivity index (χ0n) is 11.0. The third-order valence-corrected chi connectivity index (χ3v) is 3.19. The first-order valence-electron chi connectivity index (χ1n) is 6.09. The smallest absolute Gasteiger partial charge is 0.287 e. The summed E-state index contributed by atoms with van der Waals surface area (Å²) in [6.07, 6.45) is 0.899. The molecule has 2 N–H and O–H groups in total. The topological polar surface area (TPSA) is 99.2 Å². The molecule has 1 aromatic carbocycles. The van der Waals surface area contributed by atoms with Crippen LogP contribution in [0.1, 0.15) is 25.8 Å². The van der Waals surface area contributed by atoms with Crippen molar-refractivity contribution in [2.24, 2.45) is 5.92 Å². The first-order chi connectivity index (χ1) is 9.03. The summed E-state index contributed by atoms with van der Waals surface area (Å²) in [7, 11) is 0. The number of benzene rings is 1. The van der Waals surface area contributed by atoms with Crippen LogP contribution in [0.3, 0.4) is 0 Å². The fourth-order valence-electron chi connectivity index (χ4n) is 1.74. The van der Waals surface area contributed by atoms with Crippen molar-refractivity contribution < 1.29 is 10.0 Å². The Hall–Kier alpha value is -2.13. The van der Waals surface area contributed by atoms with Crippen molar-refractivity contribution >= 4 is 11.4 Å². The maximum atomic E-state index is 10.7. The summed E-state index contributed by atoms with van der Waals surface area (Å²) in [5.74, 6) is 0.255. The largest absolute Gasteiger partial charge is 0.394 e. The van der Waals surface area contributed by atoms with Gasteiger partial charge in [-0.15, -0.1) is 0 Å². The molecule has 6 heteroatoms. The molecule has 1 aromatic rings. The second kappa shape index (κ2) is 6.71. The summed E-state index contributed by atoms with van der Waals surface area (Å²) < 4.78 is 0. The highest BCUT2D eigenvalue weighted by Crippen LogP contribution is 2.23. The number of nitro groups is 1. The Morgan fingerprint density at radius 1 is 1.58 bits per heavy atom. The van der Waals surface area contributed by atoms with Gasteiger partial charge in [-0.1, -0.05) is 20.3 Å². The first kappa shape index (κ1) is 14.9. The van der Waals surface area contributed by atoms with Crippen molar-refractivity contribution in [2.75, 3.05) is 11.9 Å². The summed E-state index contributed by atoms with van der Waals surface area (Å²) in [5.41, 5.74) is 0.398. The summed E-state index contributed by atoms with van der Waals surface area (Å²) >= 11 is 0. The number of hydrogen-bond acceptors (Lipinski definition) is 5. The number of nitrogens with one attached hydrogen (secondary N) is 1. The van der Waals surface area contributed by atoms with Gasteiger partial charge in [0.15, 0.2) is 0 Å². The van der Waals surface area contributed by atoms with Crippen LogP contribution in [0.15, 0.2) is 18.2 Å². The molecule has 0 radical (unpaired) electrons. The van der Waals surface area contributed by atoms with E-state index < -0.39 is 4.92 Å². The van der Waals surface area contributed by atoms with Gasteiger partial charge in [0.05, 0.1) is 17.6 Å². The minimum Gasteiger partial charge on any atom is -0.394 e. The van der Waals surface area contributed by atoms with E-state index in [1.54, 1.807) is 6.07 Å². The van der Waals surface area contributed by atoms with Crippen LogP contribution in [0, 0.1) is 27.4 Å². The van der Waals surface area contributed by atoms with E-state index in [4.69, 9.17) is 5.26 Å². The Morgan fingerprint density at radius 2 is 2.26 bits per heavy atom. The lowest BCUT2D eigenvalue weighted by Gasteiger charge is -2.23. The molecular formula is C13H17N3O3. The van der Waals surface area contributed by atoms with Gasteiger partial charge in [0.25, 0.3) is 5.69 Å². The molecule has 0 fully saturated rings. The first-order valence-corrected chi connectivity index (χ1v) is 6.09. The van der Waals surface area contributed by atoms with Gasteiger partial charge in [0.1, 0.15) is 11.6 Å². The van der Waals surface area contributed by atoms with Crippen LogP contribution in [0.2, 0.25) is 0 Å². The molecule has 1 rings (SSSR count). The van der Waals surface area contributed by atoms with E-state index in [0.29, 0.717) is 5.69 Å². The number of nitrogens with zero attached hydrogens (tertiary/aromatic N) is 2. The molecule has 0 aliphatic rings. The molecule has 0 unspecified atom stereocenters. The van der Waals surface area contributed by atoms with Gasteiger partial charge in [0.2, 0.25) is 0 Å². The lowest BCUT2D eigenvalue weighted by atomic mass is 9.99. The Balaban J connectivity index is 2.97. The fourth-order valence-corrected chi connectivity index (χ4v) is 1.74. The van der Waals surface area contributed by atoms with Crippen LogP contribution in [-0.4, -0.2) is 22.7 Å². The highest BCUT2D eigenvalue weighted by Gasteiger charge is 2.17. The molecule has 0 spiro atoms. The average molecular weight is 263 g/mol. The number of nitro benzene ring substituents is 1. The highest BCUT2D eigenvalue weighted by atomic mass is 16.6. The number of anilines is 1. The molecule has 0 heterocycles.